The van der Waals surface area contributed by atoms with E-state index in [-0.39, 0.29) is 5.91 Å². The van der Waals surface area contributed by atoms with Gasteiger partial charge in [-0.2, -0.15) is 0 Å². The Hall–Kier alpha value is -2.21. The Kier molecular flexibility index (Phi) is 4.37. The first-order valence-corrected chi connectivity index (χ1v) is 7.18. The molecule has 0 aliphatic heterocycles. The molecule has 0 saturated carbocycles. The number of hydrogen-bond acceptors (Lipinski definition) is 5. The van der Waals surface area contributed by atoms with Crippen LogP contribution >= 0.6 is 11.3 Å². The second-order valence-electron chi connectivity index (χ2n) is 4.64. The number of amides is 1. The molecule has 1 heterocycles. The highest BCUT2D eigenvalue weighted by Gasteiger charge is 2.18. The van der Waals surface area contributed by atoms with E-state index in [4.69, 9.17) is 4.74 Å². The number of nitrogens with zero attached hydrogens (tertiary/aromatic N) is 1. The van der Waals surface area contributed by atoms with Gasteiger partial charge in [0.1, 0.15) is 4.88 Å². The first-order valence-electron chi connectivity index (χ1n) is 6.36. The minimum Gasteiger partial charge on any atom is -0.465 e. The highest BCUT2D eigenvalue weighted by Crippen LogP contribution is 2.22. The average molecular weight is 304 g/mol. The number of anilines is 1. The van der Waals surface area contributed by atoms with Crippen molar-refractivity contribution in [1.29, 1.82) is 0 Å². The standard InChI is InChI=1S/C15H16N2O3S/c1-8-5-6-12(11(7-8)15(19)20-4)17-14(18)13-9(2)16-10(3)21-13/h5-7H,1-4H3,(H,17,18). The zero-order chi connectivity index (χ0) is 15.6. The molecule has 0 bridgehead atoms. The number of methoxy groups -OCH3 is 1. The molecule has 5 nitrogen and oxygen atoms in total. The zero-order valence-electron chi connectivity index (χ0n) is 12.3. The Bertz CT molecular complexity index is 707. The van der Waals surface area contributed by atoms with E-state index in [1.807, 2.05) is 19.9 Å². The van der Waals surface area contributed by atoms with Crippen LogP contribution in [-0.2, 0) is 4.74 Å². The predicted molar refractivity (Wildman–Crippen MR) is 82.1 cm³/mol. The number of ether oxygens (including phenoxy) is 1. The van der Waals surface area contributed by atoms with E-state index in [9.17, 15) is 9.59 Å². The van der Waals surface area contributed by atoms with E-state index in [1.165, 1.54) is 18.4 Å². The summed E-state index contributed by atoms with van der Waals surface area (Å²) >= 11 is 1.33. The zero-order valence-corrected chi connectivity index (χ0v) is 13.1. The third kappa shape index (κ3) is 3.28. The summed E-state index contributed by atoms with van der Waals surface area (Å²) in [7, 11) is 1.31. The summed E-state index contributed by atoms with van der Waals surface area (Å²) < 4.78 is 4.75. The summed E-state index contributed by atoms with van der Waals surface area (Å²) in [6, 6.07) is 5.21. The van der Waals surface area contributed by atoms with Gasteiger partial charge in [-0.25, -0.2) is 9.78 Å². The van der Waals surface area contributed by atoms with E-state index < -0.39 is 5.97 Å². The smallest absolute Gasteiger partial charge is 0.339 e. The fourth-order valence-electron chi connectivity index (χ4n) is 1.97. The molecule has 1 amide bonds. The number of aryl methyl sites for hydroxylation is 3. The summed E-state index contributed by atoms with van der Waals surface area (Å²) in [6.07, 6.45) is 0. The van der Waals surface area contributed by atoms with E-state index in [2.05, 4.69) is 10.3 Å². The molecule has 0 spiro atoms. The molecular weight excluding hydrogens is 288 g/mol. The molecule has 0 atom stereocenters. The topological polar surface area (TPSA) is 68.3 Å². The SMILES string of the molecule is COC(=O)c1cc(C)ccc1NC(=O)c1sc(C)nc1C. The maximum absolute atomic E-state index is 12.3. The number of hydrogen-bond donors (Lipinski definition) is 1. The summed E-state index contributed by atoms with van der Waals surface area (Å²) in [5, 5.41) is 3.58. The first kappa shape index (κ1) is 15.2. The second kappa shape index (κ2) is 6.05. The van der Waals surface area contributed by atoms with Crippen LogP contribution in [0.5, 0.6) is 0 Å². The maximum atomic E-state index is 12.3. The Morgan fingerprint density at radius 1 is 1.24 bits per heavy atom. The number of rotatable bonds is 3. The van der Waals surface area contributed by atoms with Gasteiger partial charge in [0.15, 0.2) is 0 Å². The number of carbonyl (C=O) groups is 2. The van der Waals surface area contributed by atoms with Gasteiger partial charge in [0.25, 0.3) is 5.91 Å². The fourth-order valence-corrected chi connectivity index (χ4v) is 2.78. The van der Waals surface area contributed by atoms with Crippen molar-refractivity contribution in [1.82, 2.24) is 4.98 Å². The molecule has 1 N–H and O–H groups in total. The lowest BCUT2D eigenvalue weighted by molar-refractivity contribution is 0.0602. The van der Waals surface area contributed by atoms with E-state index in [0.717, 1.165) is 10.6 Å². The molecule has 1 aromatic carbocycles. The molecule has 2 rings (SSSR count). The van der Waals surface area contributed by atoms with Gasteiger partial charge in [0.05, 0.1) is 29.1 Å². The molecule has 6 heteroatoms. The Balaban J connectivity index is 2.33. The third-order valence-corrected chi connectivity index (χ3v) is 4.01. The Morgan fingerprint density at radius 2 is 1.95 bits per heavy atom. The lowest BCUT2D eigenvalue weighted by Crippen LogP contribution is -2.15. The number of benzene rings is 1. The minimum atomic E-state index is -0.480. The summed E-state index contributed by atoms with van der Waals surface area (Å²) in [5.74, 6) is -0.752. The maximum Gasteiger partial charge on any atom is 0.339 e. The van der Waals surface area contributed by atoms with Gasteiger partial charge in [-0.05, 0) is 32.9 Å². The van der Waals surface area contributed by atoms with Crippen LogP contribution in [0.2, 0.25) is 0 Å². The van der Waals surface area contributed by atoms with Crippen molar-refractivity contribution in [3.8, 4) is 0 Å². The Labute approximate surface area is 127 Å². The van der Waals surface area contributed by atoms with Crippen LogP contribution in [0.3, 0.4) is 0 Å². The molecule has 0 fully saturated rings. The lowest BCUT2D eigenvalue weighted by Gasteiger charge is -2.10. The van der Waals surface area contributed by atoms with E-state index in [0.29, 0.717) is 21.8 Å². The molecule has 0 radical (unpaired) electrons. The van der Waals surface area contributed by atoms with Crippen molar-refractivity contribution in [2.75, 3.05) is 12.4 Å². The van der Waals surface area contributed by atoms with Crippen molar-refractivity contribution in [2.45, 2.75) is 20.8 Å². The van der Waals surface area contributed by atoms with Crippen LogP contribution in [0.25, 0.3) is 0 Å². The molecule has 110 valence electrons. The second-order valence-corrected chi connectivity index (χ2v) is 5.85. The molecule has 0 saturated heterocycles. The molecule has 21 heavy (non-hydrogen) atoms. The van der Waals surface area contributed by atoms with Crippen LogP contribution < -0.4 is 5.32 Å². The van der Waals surface area contributed by atoms with Crippen LogP contribution in [0.1, 0.15) is 36.3 Å². The van der Waals surface area contributed by atoms with Gasteiger partial charge in [-0.15, -0.1) is 11.3 Å². The van der Waals surface area contributed by atoms with Gasteiger partial charge in [0, 0.05) is 0 Å². The summed E-state index contributed by atoms with van der Waals surface area (Å²) in [4.78, 5) is 28.9. The van der Waals surface area contributed by atoms with Crippen molar-refractivity contribution < 1.29 is 14.3 Å². The van der Waals surface area contributed by atoms with Gasteiger partial charge >= 0.3 is 5.97 Å². The van der Waals surface area contributed by atoms with Gasteiger partial charge in [0.2, 0.25) is 0 Å². The summed E-state index contributed by atoms with van der Waals surface area (Å²) in [5.41, 5.74) is 2.37. The molecular formula is C15H16N2O3S. The third-order valence-electron chi connectivity index (χ3n) is 2.94. The summed E-state index contributed by atoms with van der Waals surface area (Å²) in [6.45, 7) is 5.50. The molecule has 0 unspecified atom stereocenters. The van der Waals surface area contributed by atoms with Gasteiger partial charge in [-0.1, -0.05) is 11.6 Å². The van der Waals surface area contributed by atoms with Crippen molar-refractivity contribution in [3.63, 3.8) is 0 Å². The van der Waals surface area contributed by atoms with Crippen LogP contribution in [0.4, 0.5) is 5.69 Å². The van der Waals surface area contributed by atoms with Crippen molar-refractivity contribution >= 4 is 28.9 Å². The van der Waals surface area contributed by atoms with E-state index >= 15 is 0 Å². The molecule has 0 aliphatic rings. The number of nitrogens with one attached hydrogen (secondary N) is 1. The average Bonchev–Trinajstić information content (AvgIpc) is 2.78. The number of esters is 1. The highest BCUT2D eigenvalue weighted by molar-refractivity contribution is 7.13. The first-order chi connectivity index (χ1) is 9.92. The number of aromatic nitrogens is 1. The lowest BCUT2D eigenvalue weighted by atomic mass is 10.1. The largest absolute Gasteiger partial charge is 0.465 e. The number of thiazole rings is 1. The van der Waals surface area contributed by atoms with Gasteiger partial charge < -0.3 is 10.1 Å². The monoisotopic (exact) mass is 304 g/mol. The van der Waals surface area contributed by atoms with Crippen LogP contribution in [-0.4, -0.2) is 24.0 Å². The van der Waals surface area contributed by atoms with Gasteiger partial charge in [-0.3, -0.25) is 4.79 Å². The highest BCUT2D eigenvalue weighted by atomic mass is 32.1. The van der Waals surface area contributed by atoms with Crippen molar-refractivity contribution in [2.24, 2.45) is 0 Å². The van der Waals surface area contributed by atoms with Crippen molar-refractivity contribution in [3.05, 3.63) is 44.9 Å². The Morgan fingerprint density at radius 3 is 2.52 bits per heavy atom. The minimum absolute atomic E-state index is 0.271. The number of carbonyl (C=O) groups excluding carboxylic acids is 2. The molecule has 2 aromatic rings. The normalized spacial score (nSPS) is 10.3. The van der Waals surface area contributed by atoms with E-state index in [1.54, 1.807) is 19.1 Å². The fraction of sp³-hybridized carbons (Fsp3) is 0.267. The van der Waals surface area contributed by atoms with Crippen LogP contribution in [0, 0.1) is 20.8 Å². The van der Waals surface area contributed by atoms with Crippen LogP contribution in [0.15, 0.2) is 18.2 Å². The quantitative estimate of drug-likeness (QED) is 0.885. The molecule has 0 aliphatic carbocycles. The molecule has 1 aromatic heterocycles. The predicted octanol–water partition coefficient (Wildman–Crippen LogP) is 3.11.